The molecular weight excluding hydrogens is 380 g/mol. The van der Waals surface area contributed by atoms with E-state index in [0.29, 0.717) is 28.8 Å². The van der Waals surface area contributed by atoms with Crippen molar-refractivity contribution in [2.24, 2.45) is 0 Å². The van der Waals surface area contributed by atoms with Crippen LogP contribution in [0.3, 0.4) is 0 Å². The van der Waals surface area contributed by atoms with E-state index in [4.69, 9.17) is 26.4 Å². The normalized spacial score (nSPS) is 14.2. The summed E-state index contributed by atoms with van der Waals surface area (Å²) in [5.41, 5.74) is 5.76. The lowest BCUT2D eigenvalue weighted by Gasteiger charge is -2.26. The van der Waals surface area contributed by atoms with Gasteiger partial charge < -0.3 is 19.5 Å². The van der Waals surface area contributed by atoms with Gasteiger partial charge in [0, 0.05) is 25.2 Å². The standard InChI is InChI=1S/C19H30N4O4S/c1-3-11-27-16-6-5-15(14-17(16)25-2)18(24)21-22-19(28)20-7-4-8-23-9-12-26-13-10-23/h5-6,14H,3-4,7-13H2,1-2H3,(H,21,24)(H2,20,22,28). The highest BCUT2D eigenvalue weighted by atomic mass is 32.1. The Balaban J connectivity index is 1.69. The van der Waals surface area contributed by atoms with Crippen LogP contribution in [-0.2, 0) is 4.74 Å². The number of hydrogen-bond acceptors (Lipinski definition) is 6. The minimum atomic E-state index is -0.308. The van der Waals surface area contributed by atoms with Gasteiger partial charge in [-0.25, -0.2) is 0 Å². The van der Waals surface area contributed by atoms with Crippen molar-refractivity contribution < 1.29 is 19.0 Å². The van der Waals surface area contributed by atoms with E-state index in [1.807, 2.05) is 6.92 Å². The van der Waals surface area contributed by atoms with Crippen LogP contribution in [0, 0.1) is 0 Å². The minimum Gasteiger partial charge on any atom is -0.493 e. The lowest BCUT2D eigenvalue weighted by molar-refractivity contribution is 0.0376. The number of nitrogens with one attached hydrogen (secondary N) is 3. The Hall–Kier alpha value is -2.10. The van der Waals surface area contributed by atoms with Crippen molar-refractivity contribution in [3.8, 4) is 11.5 Å². The molecule has 1 fully saturated rings. The van der Waals surface area contributed by atoms with Crippen LogP contribution in [0.25, 0.3) is 0 Å². The first kappa shape index (κ1) is 22.2. The molecule has 1 aliphatic heterocycles. The Kier molecular flexibility index (Phi) is 9.81. The smallest absolute Gasteiger partial charge is 0.269 e. The second kappa shape index (κ2) is 12.4. The number of amides is 1. The monoisotopic (exact) mass is 410 g/mol. The number of nitrogens with zero attached hydrogens (tertiary/aromatic N) is 1. The maximum atomic E-state index is 12.3. The number of hydrogen-bond donors (Lipinski definition) is 3. The zero-order valence-electron chi connectivity index (χ0n) is 16.6. The van der Waals surface area contributed by atoms with Crippen LogP contribution in [0.1, 0.15) is 30.1 Å². The molecule has 1 aromatic carbocycles. The van der Waals surface area contributed by atoms with Gasteiger partial charge in [0.15, 0.2) is 16.6 Å². The van der Waals surface area contributed by atoms with E-state index in [0.717, 1.165) is 52.2 Å². The van der Waals surface area contributed by atoms with Gasteiger partial charge in [0.05, 0.1) is 26.9 Å². The maximum Gasteiger partial charge on any atom is 0.269 e. The van der Waals surface area contributed by atoms with Crippen molar-refractivity contribution in [1.82, 2.24) is 21.1 Å². The molecule has 2 rings (SSSR count). The number of thiocarbonyl (C=S) groups is 1. The third-order valence-corrected chi connectivity index (χ3v) is 4.46. The van der Waals surface area contributed by atoms with E-state index in [-0.39, 0.29) is 5.91 Å². The van der Waals surface area contributed by atoms with Crippen molar-refractivity contribution in [3.05, 3.63) is 23.8 Å². The average Bonchev–Trinajstić information content (AvgIpc) is 2.74. The van der Waals surface area contributed by atoms with Crippen LogP contribution in [0.5, 0.6) is 11.5 Å². The van der Waals surface area contributed by atoms with E-state index < -0.39 is 0 Å². The van der Waals surface area contributed by atoms with Crippen LogP contribution >= 0.6 is 12.2 Å². The highest BCUT2D eigenvalue weighted by Gasteiger charge is 2.12. The summed E-state index contributed by atoms with van der Waals surface area (Å²) in [5.74, 6) is 0.828. The summed E-state index contributed by atoms with van der Waals surface area (Å²) in [6.45, 7) is 7.91. The van der Waals surface area contributed by atoms with Gasteiger partial charge >= 0.3 is 0 Å². The summed E-state index contributed by atoms with van der Waals surface area (Å²) >= 11 is 5.19. The van der Waals surface area contributed by atoms with E-state index in [1.165, 1.54) is 0 Å². The molecule has 1 aromatic rings. The van der Waals surface area contributed by atoms with Crippen molar-refractivity contribution >= 4 is 23.2 Å². The van der Waals surface area contributed by atoms with Crippen molar-refractivity contribution in [1.29, 1.82) is 0 Å². The van der Waals surface area contributed by atoms with Gasteiger partial charge in [-0.15, -0.1) is 0 Å². The Labute approximate surface area is 171 Å². The first-order valence-corrected chi connectivity index (χ1v) is 10.00. The average molecular weight is 411 g/mol. The number of carbonyl (C=O) groups excluding carboxylic acids is 1. The lowest BCUT2D eigenvalue weighted by Crippen LogP contribution is -2.47. The third kappa shape index (κ3) is 7.49. The molecular formula is C19H30N4O4S. The molecule has 3 N–H and O–H groups in total. The van der Waals surface area contributed by atoms with Crippen LogP contribution in [0.4, 0.5) is 0 Å². The molecule has 156 valence electrons. The molecule has 1 aliphatic rings. The molecule has 1 amide bonds. The Morgan fingerprint density at radius 3 is 2.75 bits per heavy atom. The molecule has 0 spiro atoms. The minimum absolute atomic E-state index is 0.308. The summed E-state index contributed by atoms with van der Waals surface area (Å²) in [5, 5.41) is 3.47. The van der Waals surface area contributed by atoms with Crippen LogP contribution in [0.2, 0.25) is 0 Å². The topological polar surface area (TPSA) is 84.1 Å². The van der Waals surface area contributed by atoms with Gasteiger partial charge in [-0.3, -0.25) is 20.5 Å². The number of rotatable bonds is 9. The van der Waals surface area contributed by atoms with Gasteiger partial charge in [0.1, 0.15) is 0 Å². The molecule has 1 heterocycles. The molecule has 0 bridgehead atoms. The third-order valence-electron chi connectivity index (χ3n) is 4.22. The largest absolute Gasteiger partial charge is 0.493 e. The number of methoxy groups -OCH3 is 1. The molecule has 28 heavy (non-hydrogen) atoms. The first-order chi connectivity index (χ1) is 13.6. The Bertz CT molecular complexity index is 638. The zero-order chi connectivity index (χ0) is 20.2. The second-order valence-electron chi connectivity index (χ2n) is 6.36. The summed E-state index contributed by atoms with van der Waals surface area (Å²) in [6, 6.07) is 5.05. The number of morpholine rings is 1. The Morgan fingerprint density at radius 1 is 1.25 bits per heavy atom. The molecule has 0 radical (unpaired) electrons. The number of carbonyl (C=O) groups is 1. The fourth-order valence-corrected chi connectivity index (χ4v) is 2.85. The summed E-state index contributed by atoms with van der Waals surface area (Å²) in [7, 11) is 1.55. The molecule has 8 nitrogen and oxygen atoms in total. The van der Waals surface area contributed by atoms with E-state index in [2.05, 4.69) is 21.1 Å². The van der Waals surface area contributed by atoms with E-state index in [9.17, 15) is 4.79 Å². The van der Waals surface area contributed by atoms with Gasteiger partial charge in [0.25, 0.3) is 5.91 Å². The molecule has 0 aromatic heterocycles. The zero-order valence-corrected chi connectivity index (χ0v) is 17.4. The van der Waals surface area contributed by atoms with E-state index in [1.54, 1.807) is 25.3 Å². The molecule has 1 saturated heterocycles. The predicted octanol–water partition coefficient (Wildman–Crippen LogP) is 1.32. The predicted molar refractivity (Wildman–Crippen MR) is 112 cm³/mol. The summed E-state index contributed by atoms with van der Waals surface area (Å²) in [4.78, 5) is 14.7. The summed E-state index contributed by atoms with van der Waals surface area (Å²) in [6.07, 6.45) is 1.86. The summed E-state index contributed by atoms with van der Waals surface area (Å²) < 4.78 is 16.2. The number of ether oxygens (including phenoxy) is 3. The molecule has 0 atom stereocenters. The van der Waals surface area contributed by atoms with Gasteiger partial charge in [0.2, 0.25) is 0 Å². The fourth-order valence-electron chi connectivity index (χ4n) is 2.70. The Morgan fingerprint density at radius 2 is 2.04 bits per heavy atom. The van der Waals surface area contributed by atoms with Gasteiger partial charge in [-0.05, 0) is 49.8 Å². The van der Waals surface area contributed by atoms with Crippen LogP contribution < -0.4 is 25.6 Å². The van der Waals surface area contributed by atoms with Gasteiger partial charge in [-0.1, -0.05) is 6.92 Å². The SMILES string of the molecule is CCCOc1ccc(C(=O)NNC(=S)NCCCN2CCOCC2)cc1OC. The van der Waals surface area contributed by atoms with E-state index >= 15 is 0 Å². The van der Waals surface area contributed by atoms with Crippen molar-refractivity contribution in [3.63, 3.8) is 0 Å². The fraction of sp³-hybridized carbons (Fsp3) is 0.579. The molecule has 0 saturated carbocycles. The van der Waals surface area contributed by atoms with Crippen molar-refractivity contribution in [2.75, 3.05) is 53.1 Å². The molecule has 9 heteroatoms. The number of benzene rings is 1. The van der Waals surface area contributed by atoms with Gasteiger partial charge in [-0.2, -0.15) is 0 Å². The maximum absolute atomic E-state index is 12.3. The second-order valence-corrected chi connectivity index (χ2v) is 6.76. The highest BCUT2D eigenvalue weighted by Crippen LogP contribution is 2.28. The highest BCUT2D eigenvalue weighted by molar-refractivity contribution is 7.80. The van der Waals surface area contributed by atoms with Crippen LogP contribution in [0.15, 0.2) is 18.2 Å². The lowest BCUT2D eigenvalue weighted by atomic mass is 10.2. The first-order valence-electron chi connectivity index (χ1n) is 9.59. The quantitative estimate of drug-likeness (QED) is 0.319. The molecule has 0 unspecified atom stereocenters. The van der Waals surface area contributed by atoms with Crippen molar-refractivity contribution in [2.45, 2.75) is 19.8 Å². The number of hydrazine groups is 1. The van der Waals surface area contributed by atoms with Crippen LogP contribution in [-0.4, -0.2) is 69.0 Å². The molecule has 0 aliphatic carbocycles.